The molecule has 0 heterocycles. The molecule has 2 aromatic rings. The van der Waals surface area contributed by atoms with E-state index >= 15 is 0 Å². The topological polar surface area (TPSA) is 84.9 Å². The third kappa shape index (κ3) is 4.73. The van der Waals surface area contributed by atoms with Gasteiger partial charge in [-0.15, -0.1) is 0 Å². The standard InChI is InChI=1S/C19H21NO5/c1-12-5-4-6-13(9-12)7-8-17(21)20-15-10-14(19(22)23)11-16(24-2)18(15)25-3/h4-6,9-11H,7-8H2,1-3H3,(H,20,21)(H,22,23). The molecule has 6 heteroatoms. The second-order valence-electron chi connectivity index (χ2n) is 5.60. The number of hydrogen-bond acceptors (Lipinski definition) is 4. The number of ether oxygens (including phenoxy) is 2. The molecule has 0 bridgehead atoms. The summed E-state index contributed by atoms with van der Waals surface area (Å²) in [5.74, 6) is -0.812. The van der Waals surface area contributed by atoms with E-state index in [0.29, 0.717) is 6.42 Å². The second kappa shape index (κ2) is 8.19. The molecule has 2 rings (SSSR count). The van der Waals surface area contributed by atoms with Crippen molar-refractivity contribution in [1.29, 1.82) is 0 Å². The molecule has 132 valence electrons. The fourth-order valence-corrected chi connectivity index (χ4v) is 2.52. The van der Waals surface area contributed by atoms with Crippen LogP contribution in [0, 0.1) is 6.92 Å². The van der Waals surface area contributed by atoms with Crippen LogP contribution in [0.3, 0.4) is 0 Å². The first-order valence-corrected chi connectivity index (χ1v) is 7.79. The maximum absolute atomic E-state index is 12.3. The van der Waals surface area contributed by atoms with Crippen LogP contribution in [0.5, 0.6) is 11.5 Å². The maximum atomic E-state index is 12.3. The normalized spacial score (nSPS) is 10.2. The number of carboxylic acids is 1. The summed E-state index contributed by atoms with van der Waals surface area (Å²) in [5.41, 5.74) is 2.48. The highest BCUT2D eigenvalue weighted by Crippen LogP contribution is 2.36. The molecule has 0 aliphatic carbocycles. The highest BCUT2D eigenvalue weighted by Gasteiger charge is 2.17. The molecule has 0 aromatic heterocycles. The lowest BCUT2D eigenvalue weighted by molar-refractivity contribution is -0.116. The van der Waals surface area contributed by atoms with Crippen LogP contribution in [0.2, 0.25) is 0 Å². The summed E-state index contributed by atoms with van der Waals surface area (Å²) in [5, 5.41) is 11.9. The van der Waals surface area contributed by atoms with Gasteiger partial charge in [0.15, 0.2) is 11.5 Å². The Kier molecular flexibility index (Phi) is 6.00. The molecule has 6 nitrogen and oxygen atoms in total. The van der Waals surface area contributed by atoms with Crippen LogP contribution < -0.4 is 14.8 Å². The van der Waals surface area contributed by atoms with Crippen molar-refractivity contribution in [3.8, 4) is 11.5 Å². The van der Waals surface area contributed by atoms with Crippen molar-refractivity contribution in [3.05, 3.63) is 53.1 Å². The van der Waals surface area contributed by atoms with Gasteiger partial charge in [0.1, 0.15) is 0 Å². The zero-order valence-electron chi connectivity index (χ0n) is 14.5. The molecule has 0 fully saturated rings. The van der Waals surface area contributed by atoms with Crippen LogP contribution in [0.1, 0.15) is 27.9 Å². The summed E-state index contributed by atoms with van der Waals surface area (Å²) in [7, 11) is 2.84. The largest absolute Gasteiger partial charge is 0.493 e. The monoisotopic (exact) mass is 343 g/mol. The first-order chi connectivity index (χ1) is 11.9. The molecule has 2 N–H and O–H groups in total. The molecule has 2 aromatic carbocycles. The number of benzene rings is 2. The lowest BCUT2D eigenvalue weighted by atomic mass is 10.1. The Labute approximate surface area is 146 Å². The number of carbonyl (C=O) groups excluding carboxylic acids is 1. The van der Waals surface area contributed by atoms with Gasteiger partial charge in [0.25, 0.3) is 0 Å². The lowest BCUT2D eigenvalue weighted by Gasteiger charge is -2.15. The number of nitrogens with one attached hydrogen (secondary N) is 1. The molecule has 0 atom stereocenters. The smallest absolute Gasteiger partial charge is 0.335 e. The minimum Gasteiger partial charge on any atom is -0.493 e. The summed E-state index contributed by atoms with van der Waals surface area (Å²) < 4.78 is 10.4. The van der Waals surface area contributed by atoms with Crippen molar-refractivity contribution in [2.75, 3.05) is 19.5 Å². The Hall–Kier alpha value is -3.02. The fraction of sp³-hybridized carbons (Fsp3) is 0.263. The van der Waals surface area contributed by atoms with Crippen molar-refractivity contribution in [3.63, 3.8) is 0 Å². The highest BCUT2D eigenvalue weighted by molar-refractivity contribution is 5.96. The number of aryl methyl sites for hydroxylation is 2. The number of methoxy groups -OCH3 is 2. The van der Waals surface area contributed by atoms with E-state index in [2.05, 4.69) is 5.32 Å². The van der Waals surface area contributed by atoms with Gasteiger partial charge in [-0.25, -0.2) is 4.79 Å². The SMILES string of the molecule is COc1cc(C(=O)O)cc(NC(=O)CCc2cccc(C)c2)c1OC. The molecular weight excluding hydrogens is 322 g/mol. The summed E-state index contributed by atoms with van der Waals surface area (Å²) >= 11 is 0. The van der Waals surface area contributed by atoms with E-state index in [-0.39, 0.29) is 35.1 Å². The first-order valence-electron chi connectivity index (χ1n) is 7.79. The second-order valence-corrected chi connectivity index (χ2v) is 5.60. The average Bonchev–Trinajstić information content (AvgIpc) is 2.59. The number of anilines is 1. The Balaban J connectivity index is 2.16. The number of carboxylic acid groups (broad SMARTS) is 1. The molecule has 0 unspecified atom stereocenters. The fourth-order valence-electron chi connectivity index (χ4n) is 2.52. The zero-order valence-corrected chi connectivity index (χ0v) is 14.5. The molecule has 0 spiro atoms. The molecule has 1 amide bonds. The van der Waals surface area contributed by atoms with E-state index in [1.54, 1.807) is 0 Å². The summed E-state index contributed by atoms with van der Waals surface area (Å²) in [6.07, 6.45) is 0.859. The van der Waals surface area contributed by atoms with Crippen LogP contribution >= 0.6 is 0 Å². The number of carbonyl (C=O) groups is 2. The Bertz CT molecular complexity index is 785. The third-order valence-electron chi connectivity index (χ3n) is 3.72. The zero-order chi connectivity index (χ0) is 18.4. The van der Waals surface area contributed by atoms with Gasteiger partial charge in [0.05, 0.1) is 25.5 Å². The van der Waals surface area contributed by atoms with Crippen molar-refractivity contribution in [2.24, 2.45) is 0 Å². The van der Waals surface area contributed by atoms with Gasteiger partial charge in [-0.3, -0.25) is 4.79 Å². The van der Waals surface area contributed by atoms with Gasteiger partial charge in [0, 0.05) is 6.42 Å². The molecule has 0 radical (unpaired) electrons. The quantitative estimate of drug-likeness (QED) is 0.806. The molecule has 0 saturated heterocycles. The van der Waals surface area contributed by atoms with E-state index < -0.39 is 5.97 Å². The van der Waals surface area contributed by atoms with Crippen molar-refractivity contribution >= 4 is 17.6 Å². The Morgan fingerprint density at radius 3 is 2.48 bits per heavy atom. The predicted octanol–water partition coefficient (Wildman–Crippen LogP) is 3.28. The van der Waals surface area contributed by atoms with Gasteiger partial charge in [-0.1, -0.05) is 29.8 Å². The minimum absolute atomic E-state index is 0.00614. The van der Waals surface area contributed by atoms with E-state index in [1.807, 2.05) is 31.2 Å². The van der Waals surface area contributed by atoms with E-state index in [4.69, 9.17) is 9.47 Å². The van der Waals surface area contributed by atoms with Gasteiger partial charge in [-0.05, 0) is 31.0 Å². The Morgan fingerprint density at radius 2 is 1.88 bits per heavy atom. The number of aromatic carboxylic acids is 1. The van der Waals surface area contributed by atoms with Crippen LogP contribution in [0.4, 0.5) is 5.69 Å². The third-order valence-corrected chi connectivity index (χ3v) is 3.72. The van der Waals surface area contributed by atoms with Crippen LogP contribution in [-0.4, -0.2) is 31.2 Å². The Morgan fingerprint density at radius 1 is 1.12 bits per heavy atom. The van der Waals surface area contributed by atoms with E-state index in [1.165, 1.54) is 26.4 Å². The first kappa shape index (κ1) is 18.3. The summed E-state index contributed by atoms with van der Waals surface area (Å²) in [6.45, 7) is 2.00. The predicted molar refractivity (Wildman–Crippen MR) is 94.6 cm³/mol. The highest BCUT2D eigenvalue weighted by atomic mass is 16.5. The number of rotatable bonds is 7. The molecule has 0 saturated carbocycles. The number of hydrogen-bond donors (Lipinski definition) is 2. The van der Waals surface area contributed by atoms with Crippen molar-refractivity contribution in [2.45, 2.75) is 19.8 Å². The van der Waals surface area contributed by atoms with Crippen LogP contribution in [0.15, 0.2) is 36.4 Å². The van der Waals surface area contributed by atoms with Gasteiger partial charge in [-0.2, -0.15) is 0 Å². The molecule has 0 aliphatic heterocycles. The van der Waals surface area contributed by atoms with Gasteiger partial charge < -0.3 is 19.9 Å². The van der Waals surface area contributed by atoms with Gasteiger partial charge >= 0.3 is 5.97 Å². The van der Waals surface area contributed by atoms with Crippen molar-refractivity contribution < 1.29 is 24.2 Å². The lowest BCUT2D eigenvalue weighted by Crippen LogP contribution is -2.14. The number of amides is 1. The summed E-state index contributed by atoms with van der Waals surface area (Å²) in [4.78, 5) is 23.5. The average molecular weight is 343 g/mol. The van der Waals surface area contributed by atoms with Gasteiger partial charge in [0.2, 0.25) is 5.91 Å². The summed E-state index contributed by atoms with van der Waals surface area (Å²) in [6, 6.07) is 10.7. The molecule has 25 heavy (non-hydrogen) atoms. The van der Waals surface area contributed by atoms with Crippen LogP contribution in [-0.2, 0) is 11.2 Å². The molecular formula is C19H21NO5. The molecule has 0 aliphatic rings. The van der Waals surface area contributed by atoms with E-state index in [9.17, 15) is 14.7 Å². The van der Waals surface area contributed by atoms with Crippen molar-refractivity contribution in [1.82, 2.24) is 0 Å². The van der Waals surface area contributed by atoms with E-state index in [0.717, 1.165) is 11.1 Å². The van der Waals surface area contributed by atoms with Crippen LogP contribution in [0.25, 0.3) is 0 Å². The minimum atomic E-state index is -1.11. The maximum Gasteiger partial charge on any atom is 0.335 e.